The van der Waals surface area contributed by atoms with Crippen molar-refractivity contribution < 1.29 is 19.4 Å². The van der Waals surface area contributed by atoms with Crippen LogP contribution < -0.4 is 16.0 Å². The van der Waals surface area contributed by atoms with Gasteiger partial charge in [-0.25, -0.2) is 9.18 Å². The van der Waals surface area contributed by atoms with E-state index in [1.165, 1.54) is 12.1 Å². The Bertz CT molecular complexity index is 728. The molecule has 5 N–H and O–H groups in total. The van der Waals surface area contributed by atoms with Gasteiger partial charge in [-0.3, -0.25) is 0 Å². The lowest BCUT2D eigenvalue weighted by Gasteiger charge is -2.12. The van der Waals surface area contributed by atoms with Gasteiger partial charge < -0.3 is 26.2 Å². The van der Waals surface area contributed by atoms with Crippen molar-refractivity contribution in [1.82, 2.24) is 0 Å². The largest absolute Gasteiger partial charge is 0.395 e. The Morgan fingerprint density at radius 2 is 1.83 bits per heavy atom. The quantitative estimate of drug-likeness (QED) is 0.552. The van der Waals surface area contributed by atoms with Crippen molar-refractivity contribution in [3.63, 3.8) is 0 Å². The smallest absolute Gasteiger partial charge is 0.323 e. The minimum Gasteiger partial charge on any atom is -0.395 e. The average molecular weight is 354 g/mol. The van der Waals surface area contributed by atoms with Gasteiger partial charge in [-0.05, 0) is 30.3 Å². The van der Waals surface area contributed by atoms with E-state index in [2.05, 4.69) is 16.0 Å². The summed E-state index contributed by atoms with van der Waals surface area (Å²) in [5.74, 6) is -0.527. The summed E-state index contributed by atoms with van der Waals surface area (Å²) >= 11 is 5.98. The molecular weight excluding hydrogens is 337 g/mol. The zero-order valence-electron chi connectivity index (χ0n) is 12.6. The molecule has 0 heterocycles. The first-order chi connectivity index (χ1) is 11.5. The number of hydrogen-bond donors (Lipinski definition) is 5. The van der Waals surface area contributed by atoms with Crippen LogP contribution in [-0.2, 0) is 6.61 Å². The van der Waals surface area contributed by atoms with Gasteiger partial charge in [-0.2, -0.15) is 0 Å². The summed E-state index contributed by atoms with van der Waals surface area (Å²) < 4.78 is 13.3. The molecular formula is C16H17ClFN3O3. The molecule has 0 unspecified atom stereocenters. The summed E-state index contributed by atoms with van der Waals surface area (Å²) in [5, 5.41) is 26.4. The van der Waals surface area contributed by atoms with Gasteiger partial charge in [0.2, 0.25) is 0 Å². The van der Waals surface area contributed by atoms with Crippen LogP contribution in [0.25, 0.3) is 0 Å². The van der Waals surface area contributed by atoms with Gasteiger partial charge in [0.25, 0.3) is 0 Å². The molecule has 0 fully saturated rings. The minimum absolute atomic E-state index is 0.0424. The molecule has 24 heavy (non-hydrogen) atoms. The van der Waals surface area contributed by atoms with Crippen LogP contribution in [0.5, 0.6) is 0 Å². The molecule has 2 rings (SSSR count). The van der Waals surface area contributed by atoms with Gasteiger partial charge in [0, 0.05) is 28.5 Å². The van der Waals surface area contributed by atoms with E-state index in [9.17, 15) is 14.3 Å². The van der Waals surface area contributed by atoms with E-state index in [1.54, 1.807) is 18.2 Å². The highest BCUT2D eigenvalue weighted by Crippen LogP contribution is 2.23. The number of carbonyl (C=O) groups is 1. The molecule has 0 bridgehead atoms. The summed E-state index contributed by atoms with van der Waals surface area (Å²) in [7, 11) is 0. The van der Waals surface area contributed by atoms with Crippen LogP contribution >= 0.6 is 11.6 Å². The molecule has 0 aliphatic carbocycles. The Morgan fingerprint density at radius 3 is 2.54 bits per heavy atom. The second-order valence-electron chi connectivity index (χ2n) is 4.92. The van der Waals surface area contributed by atoms with Crippen molar-refractivity contribution in [3.8, 4) is 0 Å². The van der Waals surface area contributed by atoms with E-state index in [-0.39, 0.29) is 18.9 Å². The molecule has 0 spiro atoms. The third-order valence-electron chi connectivity index (χ3n) is 3.09. The number of nitrogens with one attached hydrogen (secondary N) is 3. The molecule has 0 saturated heterocycles. The van der Waals surface area contributed by atoms with Gasteiger partial charge in [0.1, 0.15) is 5.82 Å². The maximum absolute atomic E-state index is 13.3. The summed E-state index contributed by atoms with van der Waals surface area (Å²) in [6.07, 6.45) is 0. The Morgan fingerprint density at radius 1 is 1.08 bits per heavy atom. The molecule has 0 saturated carbocycles. The standard InChI is InChI=1S/C16H17ClFN3O3/c17-11-5-13(19-3-4-22)8-14(6-11)20-16(24)21-15-7-12(18)2-1-10(15)9-23/h1-2,5-8,19,22-23H,3-4,9H2,(H2,20,21,24). The number of hydrogen-bond acceptors (Lipinski definition) is 4. The van der Waals surface area contributed by atoms with Gasteiger partial charge >= 0.3 is 6.03 Å². The molecule has 2 aromatic carbocycles. The minimum atomic E-state index is -0.606. The van der Waals surface area contributed by atoms with Crippen LogP contribution in [0.2, 0.25) is 5.02 Å². The van der Waals surface area contributed by atoms with Crippen molar-refractivity contribution in [2.24, 2.45) is 0 Å². The first-order valence-electron chi connectivity index (χ1n) is 7.14. The molecule has 128 valence electrons. The zero-order chi connectivity index (χ0) is 17.5. The molecule has 0 aliphatic rings. The monoisotopic (exact) mass is 353 g/mol. The van der Waals surface area contributed by atoms with E-state index in [0.29, 0.717) is 28.5 Å². The Labute approximate surface area is 143 Å². The average Bonchev–Trinajstić information content (AvgIpc) is 2.52. The molecule has 2 amide bonds. The molecule has 0 radical (unpaired) electrons. The number of benzene rings is 2. The van der Waals surface area contributed by atoms with Crippen LogP contribution in [0, 0.1) is 5.82 Å². The van der Waals surface area contributed by atoms with Crippen LogP contribution in [0.3, 0.4) is 0 Å². The second-order valence-corrected chi connectivity index (χ2v) is 5.35. The SMILES string of the molecule is O=C(Nc1cc(Cl)cc(NCCO)c1)Nc1cc(F)ccc1CO. The van der Waals surface area contributed by atoms with Gasteiger partial charge in [0.05, 0.1) is 18.9 Å². The molecule has 2 aromatic rings. The molecule has 0 aromatic heterocycles. The highest BCUT2D eigenvalue weighted by Gasteiger charge is 2.09. The topological polar surface area (TPSA) is 93.6 Å². The van der Waals surface area contributed by atoms with Crippen molar-refractivity contribution in [2.75, 3.05) is 29.1 Å². The first kappa shape index (κ1) is 18.0. The molecule has 0 atom stereocenters. The lowest BCUT2D eigenvalue weighted by molar-refractivity contribution is 0.262. The normalized spacial score (nSPS) is 10.3. The lowest BCUT2D eigenvalue weighted by Crippen LogP contribution is -2.20. The summed E-state index contributed by atoms with van der Waals surface area (Å²) in [6.45, 7) is -0.0311. The predicted molar refractivity (Wildman–Crippen MR) is 92.0 cm³/mol. The predicted octanol–water partition coefficient (Wildman–Crippen LogP) is 3.02. The number of carbonyl (C=O) groups excluding carboxylic acids is 1. The fourth-order valence-electron chi connectivity index (χ4n) is 2.05. The zero-order valence-corrected chi connectivity index (χ0v) is 13.4. The van der Waals surface area contributed by atoms with Crippen LogP contribution in [-0.4, -0.2) is 29.4 Å². The Kier molecular flexibility index (Phi) is 6.36. The second kappa shape index (κ2) is 8.49. The lowest BCUT2D eigenvalue weighted by atomic mass is 10.2. The molecule has 8 heteroatoms. The fourth-order valence-corrected chi connectivity index (χ4v) is 2.29. The van der Waals surface area contributed by atoms with Gasteiger partial charge in [-0.1, -0.05) is 17.7 Å². The summed E-state index contributed by atoms with van der Waals surface area (Å²) in [4.78, 5) is 12.1. The van der Waals surface area contributed by atoms with Crippen LogP contribution in [0.15, 0.2) is 36.4 Å². The Hall–Kier alpha value is -2.35. The number of halogens is 2. The van der Waals surface area contributed by atoms with E-state index in [1.807, 2.05) is 0 Å². The van der Waals surface area contributed by atoms with Crippen molar-refractivity contribution in [1.29, 1.82) is 0 Å². The molecule has 6 nitrogen and oxygen atoms in total. The fraction of sp³-hybridized carbons (Fsp3) is 0.188. The maximum atomic E-state index is 13.3. The number of urea groups is 1. The van der Waals surface area contributed by atoms with Crippen molar-refractivity contribution in [2.45, 2.75) is 6.61 Å². The third kappa shape index (κ3) is 5.09. The number of aliphatic hydroxyl groups is 2. The van der Waals surface area contributed by atoms with E-state index in [0.717, 1.165) is 6.07 Å². The van der Waals surface area contributed by atoms with Gasteiger partial charge in [0.15, 0.2) is 0 Å². The third-order valence-corrected chi connectivity index (χ3v) is 3.31. The summed E-state index contributed by atoms with van der Waals surface area (Å²) in [5.41, 5.74) is 1.62. The van der Waals surface area contributed by atoms with E-state index < -0.39 is 11.8 Å². The highest BCUT2D eigenvalue weighted by atomic mass is 35.5. The molecule has 0 aliphatic heterocycles. The van der Waals surface area contributed by atoms with Gasteiger partial charge in [-0.15, -0.1) is 0 Å². The summed E-state index contributed by atoms with van der Waals surface area (Å²) in [6, 6.07) is 7.94. The number of amides is 2. The van der Waals surface area contributed by atoms with E-state index >= 15 is 0 Å². The van der Waals surface area contributed by atoms with Crippen LogP contribution in [0.4, 0.5) is 26.2 Å². The van der Waals surface area contributed by atoms with Crippen molar-refractivity contribution >= 4 is 34.7 Å². The number of anilines is 3. The maximum Gasteiger partial charge on any atom is 0.323 e. The number of rotatable bonds is 6. The first-order valence-corrected chi connectivity index (χ1v) is 7.52. The van der Waals surface area contributed by atoms with Crippen LogP contribution in [0.1, 0.15) is 5.56 Å². The van der Waals surface area contributed by atoms with E-state index in [4.69, 9.17) is 16.7 Å². The highest BCUT2D eigenvalue weighted by molar-refractivity contribution is 6.31. The Balaban J connectivity index is 2.10. The number of aliphatic hydroxyl groups excluding tert-OH is 2. The van der Waals surface area contributed by atoms with Crippen molar-refractivity contribution in [3.05, 3.63) is 52.8 Å².